The first-order chi connectivity index (χ1) is 12.8. The predicted molar refractivity (Wildman–Crippen MR) is 94.9 cm³/mol. The molecule has 1 aliphatic heterocycles. The van der Waals surface area contributed by atoms with E-state index >= 15 is 0 Å². The second kappa shape index (κ2) is 7.73. The molecule has 0 atom stereocenters. The van der Waals surface area contributed by atoms with Crippen LogP contribution in [-0.4, -0.2) is 59.9 Å². The number of nitrogens with zero attached hydrogens (tertiary/aromatic N) is 4. The third-order valence-corrected chi connectivity index (χ3v) is 6.15. The Kier molecular flexibility index (Phi) is 5.56. The maximum Gasteiger partial charge on any atom is 0.311 e. The Hall–Kier alpha value is -2.33. The molecule has 1 fully saturated rings. The first-order valence-electron chi connectivity index (χ1n) is 8.61. The summed E-state index contributed by atoms with van der Waals surface area (Å²) in [6, 6.07) is 5.37. The van der Waals surface area contributed by atoms with E-state index in [-0.39, 0.29) is 43.7 Å². The van der Waals surface area contributed by atoms with Crippen molar-refractivity contribution in [2.75, 3.05) is 26.2 Å². The van der Waals surface area contributed by atoms with Gasteiger partial charge in [-0.25, -0.2) is 12.8 Å². The summed E-state index contributed by atoms with van der Waals surface area (Å²) in [4.78, 5) is 13.9. The minimum Gasteiger partial charge on any atom is -0.417 e. The van der Waals surface area contributed by atoms with Crippen LogP contribution in [0.1, 0.15) is 41.9 Å². The van der Waals surface area contributed by atoms with Gasteiger partial charge in [-0.1, -0.05) is 26.0 Å². The van der Waals surface area contributed by atoms with E-state index in [1.807, 2.05) is 13.8 Å². The van der Waals surface area contributed by atoms with Crippen LogP contribution in [0.25, 0.3) is 0 Å². The van der Waals surface area contributed by atoms with Gasteiger partial charge in [0, 0.05) is 32.1 Å². The number of carbonyl (C=O) groups excluding carboxylic acids is 1. The van der Waals surface area contributed by atoms with E-state index in [2.05, 4.69) is 10.2 Å². The average Bonchev–Trinajstić information content (AvgIpc) is 3.13. The van der Waals surface area contributed by atoms with Gasteiger partial charge in [0.05, 0.1) is 5.75 Å². The molecule has 0 N–H and O–H groups in total. The van der Waals surface area contributed by atoms with E-state index in [4.69, 9.17) is 4.42 Å². The molecule has 3 rings (SSSR count). The number of hydrogen-bond donors (Lipinski definition) is 0. The van der Waals surface area contributed by atoms with Gasteiger partial charge in [0.15, 0.2) is 0 Å². The van der Waals surface area contributed by atoms with Crippen LogP contribution >= 0.6 is 0 Å². The van der Waals surface area contributed by atoms with Crippen molar-refractivity contribution in [2.24, 2.45) is 0 Å². The number of piperazine rings is 1. The van der Waals surface area contributed by atoms with Crippen LogP contribution in [0.3, 0.4) is 0 Å². The molecule has 0 unspecified atom stereocenters. The number of halogens is 1. The van der Waals surface area contributed by atoms with Crippen LogP contribution in [0.4, 0.5) is 4.39 Å². The molecule has 0 spiro atoms. The van der Waals surface area contributed by atoms with Gasteiger partial charge in [-0.05, 0) is 17.7 Å². The average molecular weight is 396 g/mol. The van der Waals surface area contributed by atoms with Gasteiger partial charge in [-0.2, -0.15) is 4.31 Å². The van der Waals surface area contributed by atoms with Crippen molar-refractivity contribution in [3.63, 3.8) is 0 Å². The van der Waals surface area contributed by atoms with Gasteiger partial charge in [-0.15, -0.1) is 10.2 Å². The summed E-state index contributed by atoms with van der Waals surface area (Å²) in [7, 11) is -3.55. The van der Waals surface area contributed by atoms with E-state index in [1.165, 1.54) is 33.5 Å². The van der Waals surface area contributed by atoms with Gasteiger partial charge < -0.3 is 9.32 Å². The van der Waals surface area contributed by atoms with Crippen LogP contribution in [0.15, 0.2) is 28.7 Å². The summed E-state index contributed by atoms with van der Waals surface area (Å²) in [5, 5.41) is 7.61. The topological polar surface area (TPSA) is 96.6 Å². The monoisotopic (exact) mass is 396 g/mol. The zero-order chi connectivity index (χ0) is 19.6. The highest BCUT2D eigenvalue weighted by Gasteiger charge is 2.31. The highest BCUT2D eigenvalue weighted by atomic mass is 32.2. The minimum atomic E-state index is -3.55. The van der Waals surface area contributed by atoms with Gasteiger partial charge in [0.25, 0.3) is 0 Å². The van der Waals surface area contributed by atoms with Crippen LogP contribution in [0.2, 0.25) is 0 Å². The molecule has 1 amide bonds. The third-order valence-electron chi connectivity index (χ3n) is 4.30. The Balaban J connectivity index is 1.60. The fourth-order valence-electron chi connectivity index (χ4n) is 2.74. The van der Waals surface area contributed by atoms with Crippen molar-refractivity contribution < 1.29 is 22.0 Å². The van der Waals surface area contributed by atoms with Crippen molar-refractivity contribution in [3.05, 3.63) is 47.4 Å². The first kappa shape index (κ1) is 19.4. The number of amides is 1. The molecule has 1 saturated heterocycles. The summed E-state index contributed by atoms with van der Waals surface area (Å²) in [5.41, 5.74) is 0.516. The lowest BCUT2D eigenvalue weighted by atomic mass is 10.2. The Labute approximate surface area is 157 Å². The number of aromatic nitrogens is 2. The van der Waals surface area contributed by atoms with Crippen LogP contribution < -0.4 is 0 Å². The molecule has 10 heteroatoms. The normalized spacial score (nSPS) is 16.1. The van der Waals surface area contributed by atoms with E-state index < -0.39 is 21.7 Å². The second-order valence-corrected chi connectivity index (χ2v) is 8.64. The summed E-state index contributed by atoms with van der Waals surface area (Å²) in [6.45, 7) is 4.60. The van der Waals surface area contributed by atoms with E-state index in [1.54, 1.807) is 0 Å². The van der Waals surface area contributed by atoms with Gasteiger partial charge in [0.2, 0.25) is 15.9 Å². The molecular formula is C17H21FN4O4S. The summed E-state index contributed by atoms with van der Waals surface area (Å²) >= 11 is 0. The fourth-order valence-corrected chi connectivity index (χ4v) is 4.26. The largest absolute Gasteiger partial charge is 0.417 e. The number of carbonyl (C=O) groups is 1. The number of hydrogen-bond acceptors (Lipinski definition) is 6. The van der Waals surface area contributed by atoms with Crippen molar-refractivity contribution in [1.82, 2.24) is 19.4 Å². The van der Waals surface area contributed by atoms with Gasteiger partial charge >= 0.3 is 11.8 Å². The van der Waals surface area contributed by atoms with Crippen molar-refractivity contribution >= 4 is 15.9 Å². The Morgan fingerprint density at radius 2 is 1.78 bits per heavy atom. The van der Waals surface area contributed by atoms with E-state index in [0.717, 1.165) is 0 Å². The highest BCUT2D eigenvalue weighted by molar-refractivity contribution is 7.88. The molecule has 0 saturated carbocycles. The molecule has 1 aliphatic rings. The number of sulfonamides is 1. The van der Waals surface area contributed by atoms with Crippen molar-refractivity contribution in [1.29, 1.82) is 0 Å². The third kappa shape index (κ3) is 4.51. The molecule has 27 heavy (non-hydrogen) atoms. The predicted octanol–water partition coefficient (Wildman–Crippen LogP) is 1.62. The highest BCUT2D eigenvalue weighted by Crippen LogP contribution is 2.17. The quantitative estimate of drug-likeness (QED) is 0.762. The zero-order valence-corrected chi connectivity index (χ0v) is 15.9. The molecule has 1 aromatic heterocycles. The molecule has 8 nitrogen and oxygen atoms in total. The Morgan fingerprint density at radius 1 is 1.15 bits per heavy atom. The molecule has 2 heterocycles. The lowest BCUT2D eigenvalue weighted by Crippen LogP contribution is -2.50. The Morgan fingerprint density at radius 3 is 2.33 bits per heavy atom. The SMILES string of the molecule is CC(C)c1nnc(C(=O)N2CCN(S(=O)(=O)Cc3ccc(F)cc3)CC2)o1. The lowest BCUT2D eigenvalue weighted by molar-refractivity contribution is 0.0655. The van der Waals surface area contributed by atoms with E-state index in [0.29, 0.717) is 11.5 Å². The lowest BCUT2D eigenvalue weighted by Gasteiger charge is -2.33. The zero-order valence-electron chi connectivity index (χ0n) is 15.1. The summed E-state index contributed by atoms with van der Waals surface area (Å²) < 4.78 is 44.8. The standard InChI is InChI=1S/C17H21FN4O4S/c1-12(2)15-19-20-16(26-15)17(23)21-7-9-22(10-8-21)27(24,25)11-13-3-5-14(18)6-4-13/h3-6,12H,7-11H2,1-2H3. The maximum absolute atomic E-state index is 13.0. The Bertz CT molecular complexity index is 903. The van der Waals surface area contributed by atoms with Crippen LogP contribution in [0.5, 0.6) is 0 Å². The molecule has 146 valence electrons. The van der Waals surface area contributed by atoms with Gasteiger partial charge in [0.1, 0.15) is 5.82 Å². The molecule has 0 aliphatic carbocycles. The van der Waals surface area contributed by atoms with Gasteiger partial charge in [-0.3, -0.25) is 4.79 Å². The van der Waals surface area contributed by atoms with Crippen LogP contribution in [-0.2, 0) is 15.8 Å². The second-order valence-electron chi connectivity index (χ2n) is 6.67. The summed E-state index contributed by atoms with van der Waals surface area (Å²) in [6.07, 6.45) is 0. The van der Waals surface area contributed by atoms with Crippen molar-refractivity contribution in [3.8, 4) is 0 Å². The number of benzene rings is 1. The fraction of sp³-hybridized carbons (Fsp3) is 0.471. The molecule has 0 bridgehead atoms. The molecule has 1 aromatic carbocycles. The smallest absolute Gasteiger partial charge is 0.311 e. The summed E-state index contributed by atoms with van der Waals surface area (Å²) in [5.74, 6) is -0.689. The minimum absolute atomic E-state index is 0.0208. The molecular weight excluding hydrogens is 375 g/mol. The number of rotatable bonds is 5. The molecule has 0 radical (unpaired) electrons. The molecule has 2 aromatic rings. The van der Waals surface area contributed by atoms with Crippen LogP contribution in [0, 0.1) is 5.82 Å². The first-order valence-corrected chi connectivity index (χ1v) is 10.2. The maximum atomic E-state index is 13.0. The van der Waals surface area contributed by atoms with Crippen molar-refractivity contribution in [2.45, 2.75) is 25.5 Å². The van der Waals surface area contributed by atoms with E-state index in [9.17, 15) is 17.6 Å².